The van der Waals surface area contributed by atoms with E-state index in [1.54, 1.807) is 34.8 Å². The van der Waals surface area contributed by atoms with Crippen LogP contribution in [0.4, 0.5) is 5.69 Å². The van der Waals surface area contributed by atoms with Gasteiger partial charge in [0.2, 0.25) is 5.84 Å². The number of ether oxygens (including phenoxy) is 2. The zero-order valence-corrected chi connectivity index (χ0v) is 20.5. The molecule has 0 spiro atoms. The van der Waals surface area contributed by atoms with Gasteiger partial charge in [-0.2, -0.15) is 0 Å². The molecule has 10 nitrogen and oxygen atoms in total. The number of amidine groups is 2. The van der Waals surface area contributed by atoms with E-state index < -0.39 is 11.6 Å². The zero-order chi connectivity index (χ0) is 24.9. The number of amides is 1. The first-order valence-corrected chi connectivity index (χ1v) is 11.1. The SMILES string of the molecule is CCc1c(C(=O)OC(C)(C)C)[nH]c(CNc2ccc(OC)cc2)c1C(=O)NCC1=[N+]N=C(C)N1. The van der Waals surface area contributed by atoms with Crippen LogP contribution in [0.2, 0.25) is 0 Å². The summed E-state index contributed by atoms with van der Waals surface area (Å²) in [4.78, 5) is 29.3. The maximum atomic E-state index is 13.3. The van der Waals surface area contributed by atoms with Gasteiger partial charge in [0, 0.05) is 23.4 Å². The van der Waals surface area contributed by atoms with E-state index in [-0.39, 0.29) is 18.1 Å². The van der Waals surface area contributed by atoms with Gasteiger partial charge >= 0.3 is 11.8 Å². The molecule has 0 saturated carbocycles. The van der Waals surface area contributed by atoms with E-state index in [4.69, 9.17) is 9.47 Å². The van der Waals surface area contributed by atoms with E-state index in [9.17, 15) is 9.59 Å². The normalized spacial score (nSPS) is 13.0. The topological polar surface area (TPSA) is 131 Å². The van der Waals surface area contributed by atoms with Crippen molar-refractivity contribution in [2.75, 3.05) is 19.0 Å². The number of anilines is 1. The van der Waals surface area contributed by atoms with E-state index in [1.165, 1.54) is 0 Å². The summed E-state index contributed by atoms with van der Waals surface area (Å²) >= 11 is 0. The number of hydrogen-bond acceptors (Lipinski definition) is 8. The Labute approximate surface area is 199 Å². The Bertz CT molecular complexity index is 1110. The summed E-state index contributed by atoms with van der Waals surface area (Å²) in [6.45, 7) is 9.58. The van der Waals surface area contributed by atoms with Crippen molar-refractivity contribution in [1.29, 1.82) is 0 Å². The van der Waals surface area contributed by atoms with Crippen LogP contribution in [0.15, 0.2) is 29.4 Å². The third-order valence-corrected chi connectivity index (χ3v) is 4.99. The largest absolute Gasteiger partial charge is 0.497 e. The van der Waals surface area contributed by atoms with Crippen LogP contribution in [0, 0.1) is 0 Å². The lowest BCUT2D eigenvalue weighted by molar-refractivity contribution is 0.00622. The van der Waals surface area contributed by atoms with Crippen molar-refractivity contribution in [2.45, 2.75) is 53.2 Å². The molecule has 0 atom stereocenters. The van der Waals surface area contributed by atoms with E-state index in [1.807, 2.05) is 31.2 Å². The second kappa shape index (κ2) is 10.4. The summed E-state index contributed by atoms with van der Waals surface area (Å²) in [6.07, 6.45) is 0.470. The summed E-state index contributed by atoms with van der Waals surface area (Å²) < 4.78 is 10.8. The second-order valence-corrected chi connectivity index (χ2v) is 8.81. The lowest BCUT2D eigenvalue weighted by Crippen LogP contribution is -2.38. The summed E-state index contributed by atoms with van der Waals surface area (Å²) in [7, 11) is 1.61. The van der Waals surface area contributed by atoms with Crippen LogP contribution in [0.25, 0.3) is 0 Å². The van der Waals surface area contributed by atoms with Crippen LogP contribution < -0.4 is 25.8 Å². The Morgan fingerprint density at radius 1 is 1.15 bits per heavy atom. The average Bonchev–Trinajstić information content (AvgIpc) is 3.38. The van der Waals surface area contributed by atoms with Crippen LogP contribution in [0.3, 0.4) is 0 Å². The minimum atomic E-state index is -0.665. The van der Waals surface area contributed by atoms with Crippen molar-refractivity contribution in [3.8, 4) is 5.75 Å². The highest BCUT2D eigenvalue weighted by molar-refractivity contribution is 6.06. The van der Waals surface area contributed by atoms with Crippen LogP contribution in [0.1, 0.15) is 66.7 Å². The molecule has 0 saturated heterocycles. The monoisotopic (exact) mass is 468 g/mol. The molecule has 4 N–H and O–H groups in total. The first kappa shape index (κ1) is 24.8. The molecule has 3 rings (SSSR count). The highest BCUT2D eigenvalue weighted by atomic mass is 16.6. The molecule has 0 bridgehead atoms. The van der Waals surface area contributed by atoms with E-state index in [0.717, 1.165) is 11.4 Å². The lowest BCUT2D eigenvalue weighted by Gasteiger charge is -2.19. The fourth-order valence-electron chi connectivity index (χ4n) is 3.48. The summed E-state index contributed by atoms with van der Waals surface area (Å²) in [5.74, 6) is 1.14. The van der Waals surface area contributed by atoms with Gasteiger partial charge in [-0.05, 0) is 57.0 Å². The third-order valence-electron chi connectivity index (χ3n) is 4.99. The molecule has 1 aliphatic heterocycles. The van der Waals surface area contributed by atoms with Gasteiger partial charge in [0.15, 0.2) is 0 Å². The molecule has 0 unspecified atom stereocenters. The van der Waals surface area contributed by atoms with E-state index in [0.29, 0.717) is 41.5 Å². The molecule has 2 heterocycles. The lowest BCUT2D eigenvalue weighted by atomic mass is 10.0. The van der Waals surface area contributed by atoms with Crippen LogP contribution in [-0.2, 0) is 17.7 Å². The molecule has 1 radical (unpaired) electrons. The van der Waals surface area contributed by atoms with Gasteiger partial charge in [-0.3, -0.25) is 4.79 Å². The fourth-order valence-corrected chi connectivity index (χ4v) is 3.48. The zero-order valence-electron chi connectivity index (χ0n) is 20.5. The number of aromatic nitrogens is 1. The smallest absolute Gasteiger partial charge is 0.355 e. The van der Waals surface area contributed by atoms with Gasteiger partial charge < -0.3 is 25.1 Å². The second-order valence-electron chi connectivity index (χ2n) is 8.81. The average molecular weight is 469 g/mol. The molecule has 1 aliphatic rings. The van der Waals surface area contributed by atoms with Crippen molar-refractivity contribution in [3.63, 3.8) is 0 Å². The molecule has 181 valence electrons. The summed E-state index contributed by atoms with van der Waals surface area (Å²) in [5.41, 5.74) is 2.06. The van der Waals surface area contributed by atoms with Crippen LogP contribution >= 0.6 is 0 Å². The Kier molecular flexibility index (Phi) is 7.60. The standard InChI is InChI=1S/C24H32N6O4/c1-7-17-20(22(31)26-13-19-27-14(2)29-30-19)18(28-21(17)23(32)34-24(3,4)5)12-25-15-8-10-16(33-6)11-9-15/h8-11,25,28H,7,12-13H2,1-6H3,(H,26,31)(H,27,29)/q+1. The van der Waals surface area contributed by atoms with E-state index >= 15 is 0 Å². The Morgan fingerprint density at radius 2 is 1.85 bits per heavy atom. The quantitative estimate of drug-likeness (QED) is 0.419. The Balaban J connectivity index is 1.87. The van der Waals surface area contributed by atoms with Crippen molar-refractivity contribution >= 4 is 29.2 Å². The number of rotatable bonds is 9. The number of benzene rings is 1. The number of esters is 1. The highest BCUT2D eigenvalue weighted by Crippen LogP contribution is 2.24. The van der Waals surface area contributed by atoms with Crippen molar-refractivity contribution in [1.82, 2.24) is 20.7 Å². The van der Waals surface area contributed by atoms with Crippen LogP contribution in [0.5, 0.6) is 5.75 Å². The molecule has 10 heteroatoms. The minimum Gasteiger partial charge on any atom is -0.497 e. The molecule has 2 aromatic rings. The molecule has 1 amide bonds. The number of H-pyrrole nitrogens is 1. The molecule has 34 heavy (non-hydrogen) atoms. The molecule has 1 aromatic heterocycles. The molecular weight excluding hydrogens is 436 g/mol. The van der Waals surface area contributed by atoms with Crippen LogP contribution in [-0.4, -0.2) is 47.8 Å². The number of carbonyl (C=O) groups is 2. The molecular formula is C24H32N6O4+. The first-order chi connectivity index (χ1) is 16.1. The Hall–Kier alpha value is -3.82. The van der Waals surface area contributed by atoms with Gasteiger partial charge in [0.05, 0.1) is 24.3 Å². The number of aromatic amines is 1. The van der Waals surface area contributed by atoms with Crippen molar-refractivity contribution in [2.24, 2.45) is 5.10 Å². The highest BCUT2D eigenvalue weighted by Gasteiger charge is 2.29. The van der Waals surface area contributed by atoms with Gasteiger partial charge in [-0.15, -0.1) is 0 Å². The molecule has 1 aromatic carbocycles. The fraction of sp³-hybridized carbons (Fsp3) is 0.417. The minimum absolute atomic E-state index is 0.182. The summed E-state index contributed by atoms with van der Waals surface area (Å²) in [6, 6.07) is 7.44. The maximum absolute atomic E-state index is 13.3. The predicted octanol–water partition coefficient (Wildman–Crippen LogP) is 2.55. The first-order valence-electron chi connectivity index (χ1n) is 11.1. The van der Waals surface area contributed by atoms with Gasteiger partial charge in [-0.1, -0.05) is 6.92 Å². The van der Waals surface area contributed by atoms with Gasteiger partial charge in [-0.25, -0.2) is 10.1 Å². The number of methoxy groups -OCH3 is 1. The predicted molar refractivity (Wildman–Crippen MR) is 131 cm³/mol. The van der Waals surface area contributed by atoms with Gasteiger partial charge in [0.25, 0.3) is 5.91 Å². The number of hydrogen-bond donors (Lipinski definition) is 4. The summed E-state index contributed by atoms with van der Waals surface area (Å²) in [5, 5.41) is 17.0. The molecule has 0 aliphatic carbocycles. The van der Waals surface area contributed by atoms with Crippen molar-refractivity contribution in [3.05, 3.63) is 46.8 Å². The number of carbonyl (C=O) groups excluding carboxylic acids is 2. The van der Waals surface area contributed by atoms with Gasteiger partial charge in [0.1, 0.15) is 23.6 Å². The van der Waals surface area contributed by atoms with E-state index in [2.05, 4.69) is 31.1 Å². The number of nitrogens with one attached hydrogen (secondary N) is 4. The number of nitrogens with zero attached hydrogens (tertiary/aromatic N) is 2. The maximum Gasteiger partial charge on any atom is 0.355 e. The van der Waals surface area contributed by atoms with Crippen molar-refractivity contribution < 1.29 is 19.1 Å². The molecule has 0 fully saturated rings. The third kappa shape index (κ3) is 6.15. The Morgan fingerprint density at radius 3 is 2.41 bits per heavy atom.